The van der Waals surface area contributed by atoms with Gasteiger partial charge in [0.2, 0.25) is 0 Å². The number of carbonyl (C=O) groups excluding carboxylic acids is 1. The fraction of sp³-hybridized carbons (Fsp3) is 0.182. The Labute approximate surface area is 168 Å². The maximum absolute atomic E-state index is 12.5. The fourth-order valence-corrected chi connectivity index (χ4v) is 3.13. The molecule has 7 nitrogen and oxygen atoms in total. The molecule has 0 saturated carbocycles. The third-order valence-electron chi connectivity index (χ3n) is 4.66. The Morgan fingerprint density at radius 2 is 1.86 bits per heavy atom. The van der Waals surface area contributed by atoms with E-state index < -0.39 is 0 Å². The molecule has 7 heteroatoms. The minimum atomic E-state index is -0.270. The Morgan fingerprint density at radius 1 is 1.03 bits per heavy atom. The summed E-state index contributed by atoms with van der Waals surface area (Å²) in [5.41, 5.74) is 3.11. The first-order valence-corrected chi connectivity index (χ1v) is 9.31. The number of amides is 1. The number of benzene rings is 2. The Morgan fingerprint density at radius 3 is 2.62 bits per heavy atom. The van der Waals surface area contributed by atoms with Crippen molar-refractivity contribution < 1.29 is 9.53 Å². The second kappa shape index (κ2) is 8.50. The van der Waals surface area contributed by atoms with Crippen LogP contribution in [0.15, 0.2) is 60.7 Å². The number of rotatable bonds is 4. The van der Waals surface area contributed by atoms with Crippen molar-refractivity contribution in [2.75, 3.05) is 36.5 Å². The van der Waals surface area contributed by atoms with Crippen LogP contribution in [0.25, 0.3) is 11.3 Å². The molecule has 0 aliphatic carbocycles. The van der Waals surface area contributed by atoms with Crippen LogP contribution in [0.1, 0.15) is 15.9 Å². The first-order valence-electron chi connectivity index (χ1n) is 9.31. The molecular weight excluding hydrogens is 366 g/mol. The quantitative estimate of drug-likeness (QED) is 0.742. The lowest BCUT2D eigenvalue weighted by molar-refractivity contribution is 0.102. The summed E-state index contributed by atoms with van der Waals surface area (Å²) in [5.74, 6) is 0.562. The summed E-state index contributed by atoms with van der Waals surface area (Å²) in [4.78, 5) is 14.6. The number of ether oxygens (including phenoxy) is 1. The standard InChI is InChI=1S/C22H19N5O2/c23-15-16-3-1-5-18(13-16)22(28)24-19-6-2-4-17(14-19)20-7-8-21(26-25-20)27-9-11-29-12-10-27/h1-8,13-14H,9-12H2,(H,24,28). The minimum Gasteiger partial charge on any atom is -0.378 e. The van der Waals surface area contributed by atoms with Crippen LogP contribution in [0.5, 0.6) is 0 Å². The zero-order chi connectivity index (χ0) is 20.1. The first kappa shape index (κ1) is 18.6. The predicted octanol–water partition coefficient (Wildman–Crippen LogP) is 3.10. The van der Waals surface area contributed by atoms with Gasteiger partial charge in [0.25, 0.3) is 5.91 Å². The van der Waals surface area contributed by atoms with Gasteiger partial charge in [-0.2, -0.15) is 5.26 Å². The van der Waals surface area contributed by atoms with Crippen LogP contribution in [-0.2, 0) is 4.74 Å². The van der Waals surface area contributed by atoms with E-state index >= 15 is 0 Å². The molecule has 1 aromatic heterocycles. The van der Waals surface area contributed by atoms with Crippen molar-refractivity contribution in [2.45, 2.75) is 0 Å². The zero-order valence-corrected chi connectivity index (χ0v) is 15.7. The smallest absolute Gasteiger partial charge is 0.255 e. The highest BCUT2D eigenvalue weighted by Gasteiger charge is 2.13. The average molecular weight is 385 g/mol. The van der Waals surface area contributed by atoms with Crippen molar-refractivity contribution in [3.63, 3.8) is 0 Å². The number of aromatic nitrogens is 2. The van der Waals surface area contributed by atoms with Gasteiger partial charge in [-0.1, -0.05) is 18.2 Å². The Balaban J connectivity index is 1.49. The van der Waals surface area contributed by atoms with E-state index in [1.54, 1.807) is 24.3 Å². The van der Waals surface area contributed by atoms with Crippen molar-refractivity contribution in [1.29, 1.82) is 5.26 Å². The van der Waals surface area contributed by atoms with E-state index in [0.29, 0.717) is 30.0 Å². The van der Waals surface area contributed by atoms with E-state index in [0.717, 1.165) is 30.2 Å². The Kier molecular flexibility index (Phi) is 5.45. The average Bonchev–Trinajstić information content (AvgIpc) is 2.80. The van der Waals surface area contributed by atoms with Crippen LogP contribution in [0.2, 0.25) is 0 Å². The molecule has 2 aromatic carbocycles. The van der Waals surface area contributed by atoms with Gasteiger partial charge in [-0.25, -0.2) is 0 Å². The van der Waals surface area contributed by atoms with Crippen LogP contribution in [0, 0.1) is 11.3 Å². The van der Waals surface area contributed by atoms with Crippen LogP contribution >= 0.6 is 0 Å². The van der Waals surface area contributed by atoms with Gasteiger partial charge in [-0.15, -0.1) is 10.2 Å². The summed E-state index contributed by atoms with van der Waals surface area (Å²) in [6, 6.07) is 19.9. The predicted molar refractivity (Wildman–Crippen MR) is 110 cm³/mol. The molecule has 4 rings (SSSR count). The van der Waals surface area contributed by atoms with Gasteiger partial charge < -0.3 is 15.0 Å². The molecule has 1 N–H and O–H groups in total. The summed E-state index contributed by atoms with van der Waals surface area (Å²) < 4.78 is 5.36. The molecule has 3 aromatic rings. The molecule has 29 heavy (non-hydrogen) atoms. The number of carbonyl (C=O) groups is 1. The molecule has 1 saturated heterocycles. The molecule has 1 aliphatic heterocycles. The summed E-state index contributed by atoms with van der Waals surface area (Å²) in [6.07, 6.45) is 0. The third-order valence-corrected chi connectivity index (χ3v) is 4.66. The van der Waals surface area contributed by atoms with E-state index in [2.05, 4.69) is 20.4 Å². The molecule has 1 fully saturated rings. The highest BCUT2D eigenvalue weighted by Crippen LogP contribution is 2.22. The molecule has 1 amide bonds. The van der Waals surface area contributed by atoms with Gasteiger partial charge in [-0.05, 0) is 42.5 Å². The van der Waals surface area contributed by atoms with Gasteiger partial charge >= 0.3 is 0 Å². The summed E-state index contributed by atoms with van der Waals surface area (Å²) in [5, 5.41) is 20.5. The summed E-state index contributed by atoms with van der Waals surface area (Å²) >= 11 is 0. The van der Waals surface area contributed by atoms with Crippen molar-refractivity contribution in [3.8, 4) is 17.3 Å². The summed E-state index contributed by atoms with van der Waals surface area (Å²) in [6.45, 7) is 3.01. The molecule has 2 heterocycles. The highest BCUT2D eigenvalue weighted by atomic mass is 16.5. The largest absolute Gasteiger partial charge is 0.378 e. The first-order chi connectivity index (χ1) is 14.2. The Hall–Kier alpha value is -3.76. The third kappa shape index (κ3) is 4.39. The van der Waals surface area contributed by atoms with Crippen LogP contribution < -0.4 is 10.2 Å². The van der Waals surface area contributed by atoms with Gasteiger partial charge in [0, 0.05) is 29.9 Å². The number of nitrogens with one attached hydrogen (secondary N) is 1. The Bertz CT molecular complexity index is 1050. The van der Waals surface area contributed by atoms with Gasteiger partial charge in [0.15, 0.2) is 5.82 Å². The van der Waals surface area contributed by atoms with E-state index in [1.165, 1.54) is 0 Å². The molecule has 0 spiro atoms. The van der Waals surface area contributed by atoms with Gasteiger partial charge in [-0.3, -0.25) is 4.79 Å². The van der Waals surface area contributed by atoms with E-state index in [1.807, 2.05) is 42.5 Å². The number of hydrogen-bond donors (Lipinski definition) is 1. The fourth-order valence-electron chi connectivity index (χ4n) is 3.13. The van der Waals surface area contributed by atoms with Crippen LogP contribution in [0.4, 0.5) is 11.5 Å². The van der Waals surface area contributed by atoms with E-state index in [9.17, 15) is 4.79 Å². The molecule has 0 radical (unpaired) electrons. The number of nitriles is 1. The van der Waals surface area contributed by atoms with Gasteiger partial charge in [0.05, 0.1) is 30.5 Å². The maximum Gasteiger partial charge on any atom is 0.255 e. The summed E-state index contributed by atoms with van der Waals surface area (Å²) in [7, 11) is 0. The van der Waals surface area contributed by atoms with Gasteiger partial charge in [0.1, 0.15) is 0 Å². The molecule has 0 atom stereocenters. The molecule has 1 aliphatic rings. The second-order valence-corrected chi connectivity index (χ2v) is 6.60. The van der Waals surface area contributed by atoms with E-state index in [-0.39, 0.29) is 5.91 Å². The molecule has 0 bridgehead atoms. The number of hydrogen-bond acceptors (Lipinski definition) is 6. The SMILES string of the molecule is N#Cc1cccc(C(=O)Nc2cccc(-c3ccc(N4CCOCC4)nn3)c2)c1. The normalized spacial score (nSPS) is 13.6. The van der Waals surface area contributed by atoms with Crippen LogP contribution in [0.3, 0.4) is 0 Å². The topological polar surface area (TPSA) is 91.1 Å². The molecule has 144 valence electrons. The lowest BCUT2D eigenvalue weighted by Crippen LogP contribution is -2.36. The number of nitrogens with zero attached hydrogens (tertiary/aromatic N) is 4. The number of anilines is 2. The monoisotopic (exact) mass is 385 g/mol. The maximum atomic E-state index is 12.5. The molecule has 0 unspecified atom stereocenters. The van der Waals surface area contributed by atoms with Crippen molar-refractivity contribution in [3.05, 3.63) is 71.8 Å². The van der Waals surface area contributed by atoms with Crippen molar-refractivity contribution in [1.82, 2.24) is 10.2 Å². The van der Waals surface area contributed by atoms with Crippen molar-refractivity contribution >= 4 is 17.4 Å². The lowest BCUT2D eigenvalue weighted by atomic mass is 10.1. The number of morpholine rings is 1. The van der Waals surface area contributed by atoms with Crippen molar-refractivity contribution in [2.24, 2.45) is 0 Å². The second-order valence-electron chi connectivity index (χ2n) is 6.60. The zero-order valence-electron chi connectivity index (χ0n) is 15.7. The molecular formula is C22H19N5O2. The lowest BCUT2D eigenvalue weighted by Gasteiger charge is -2.27. The highest BCUT2D eigenvalue weighted by molar-refractivity contribution is 6.04. The van der Waals surface area contributed by atoms with Crippen LogP contribution in [-0.4, -0.2) is 42.4 Å². The minimum absolute atomic E-state index is 0.270. The van der Waals surface area contributed by atoms with E-state index in [4.69, 9.17) is 10.00 Å².